The maximum atomic E-state index is 6.05. The summed E-state index contributed by atoms with van der Waals surface area (Å²) in [6.07, 6.45) is 1.15. The molecule has 0 spiro atoms. The van der Waals surface area contributed by atoms with E-state index in [4.69, 9.17) is 5.73 Å². The fourth-order valence-electron chi connectivity index (χ4n) is 1.74. The van der Waals surface area contributed by atoms with Gasteiger partial charge in [0.15, 0.2) is 0 Å². The topological polar surface area (TPSA) is 29.3 Å². The molecule has 2 nitrogen and oxygen atoms in total. The molecule has 1 aliphatic rings. The number of nitrogens with zero attached hydrogens (tertiary/aromatic N) is 1. The molecule has 1 heterocycles. The van der Waals surface area contributed by atoms with Crippen molar-refractivity contribution in [1.82, 2.24) is 4.90 Å². The molecule has 3 heteroatoms. The zero-order chi connectivity index (χ0) is 10.6. The molecule has 84 valence electrons. The van der Waals surface area contributed by atoms with Gasteiger partial charge in [0.2, 0.25) is 0 Å². The van der Waals surface area contributed by atoms with Crippen molar-refractivity contribution >= 4 is 11.8 Å². The van der Waals surface area contributed by atoms with E-state index in [9.17, 15) is 0 Å². The smallest absolute Gasteiger partial charge is 0.0158 e. The highest BCUT2D eigenvalue weighted by atomic mass is 32.2. The van der Waals surface area contributed by atoms with Gasteiger partial charge in [-0.25, -0.2) is 0 Å². The first-order valence-electron chi connectivity index (χ1n) is 5.68. The molecule has 2 N–H and O–H groups in total. The Bertz CT molecular complexity index is 161. The van der Waals surface area contributed by atoms with Crippen molar-refractivity contribution in [3.63, 3.8) is 0 Å². The van der Waals surface area contributed by atoms with Crippen molar-refractivity contribution in [3.8, 4) is 0 Å². The minimum atomic E-state index is 0.372. The number of nitrogens with two attached hydrogens (primary N) is 1. The van der Waals surface area contributed by atoms with Crippen LogP contribution in [0.25, 0.3) is 0 Å². The van der Waals surface area contributed by atoms with Gasteiger partial charge in [0.1, 0.15) is 0 Å². The maximum absolute atomic E-state index is 6.05. The van der Waals surface area contributed by atoms with Gasteiger partial charge < -0.3 is 5.73 Å². The molecule has 0 bridgehead atoms. The predicted molar refractivity (Wildman–Crippen MR) is 65.8 cm³/mol. The first-order valence-corrected chi connectivity index (χ1v) is 6.84. The lowest BCUT2D eigenvalue weighted by molar-refractivity contribution is 0.218. The van der Waals surface area contributed by atoms with Crippen LogP contribution in [-0.4, -0.2) is 41.6 Å². The summed E-state index contributed by atoms with van der Waals surface area (Å²) in [4.78, 5) is 2.58. The highest BCUT2D eigenvalue weighted by Crippen LogP contribution is 2.16. The van der Waals surface area contributed by atoms with Gasteiger partial charge in [-0.1, -0.05) is 13.8 Å². The molecule has 0 amide bonds. The van der Waals surface area contributed by atoms with Gasteiger partial charge >= 0.3 is 0 Å². The second-order valence-corrected chi connectivity index (χ2v) is 5.81. The summed E-state index contributed by atoms with van der Waals surface area (Å²) in [5, 5.41) is 0. The van der Waals surface area contributed by atoms with E-state index in [0.29, 0.717) is 12.0 Å². The van der Waals surface area contributed by atoms with Crippen molar-refractivity contribution < 1.29 is 0 Å². The molecule has 0 aromatic heterocycles. The van der Waals surface area contributed by atoms with Crippen molar-refractivity contribution in [1.29, 1.82) is 0 Å². The molecular formula is C11H24N2S. The Hall–Kier alpha value is 0.270. The van der Waals surface area contributed by atoms with Crippen LogP contribution in [0.5, 0.6) is 0 Å². The highest BCUT2D eigenvalue weighted by molar-refractivity contribution is 7.99. The summed E-state index contributed by atoms with van der Waals surface area (Å²) in [6, 6.07) is 1.12. The van der Waals surface area contributed by atoms with E-state index in [2.05, 4.69) is 37.4 Å². The van der Waals surface area contributed by atoms with E-state index >= 15 is 0 Å². The second kappa shape index (κ2) is 5.99. The van der Waals surface area contributed by atoms with E-state index in [-0.39, 0.29) is 0 Å². The van der Waals surface area contributed by atoms with Gasteiger partial charge in [0.25, 0.3) is 0 Å². The van der Waals surface area contributed by atoms with Crippen molar-refractivity contribution in [2.75, 3.05) is 24.6 Å². The molecule has 2 unspecified atom stereocenters. The van der Waals surface area contributed by atoms with E-state index in [1.807, 2.05) is 0 Å². The molecule has 1 rings (SSSR count). The molecule has 1 saturated heterocycles. The van der Waals surface area contributed by atoms with Gasteiger partial charge in [0, 0.05) is 30.1 Å². The van der Waals surface area contributed by atoms with Crippen LogP contribution >= 0.6 is 11.8 Å². The molecule has 2 atom stereocenters. The van der Waals surface area contributed by atoms with Crippen molar-refractivity contribution in [2.45, 2.75) is 39.3 Å². The summed E-state index contributed by atoms with van der Waals surface area (Å²) >= 11 is 2.07. The fourth-order valence-corrected chi connectivity index (χ4v) is 2.82. The average molecular weight is 216 g/mol. The van der Waals surface area contributed by atoms with Crippen LogP contribution in [0.1, 0.15) is 27.2 Å². The van der Waals surface area contributed by atoms with Crippen LogP contribution in [0.15, 0.2) is 0 Å². The number of hydrogen-bond acceptors (Lipinski definition) is 3. The minimum absolute atomic E-state index is 0.372. The Morgan fingerprint density at radius 3 is 2.79 bits per heavy atom. The maximum Gasteiger partial charge on any atom is 0.0158 e. The molecule has 0 radical (unpaired) electrons. The third-order valence-electron chi connectivity index (χ3n) is 3.11. The Balaban J connectivity index is 2.22. The van der Waals surface area contributed by atoms with Crippen molar-refractivity contribution in [2.24, 2.45) is 11.7 Å². The quantitative estimate of drug-likeness (QED) is 0.777. The monoisotopic (exact) mass is 216 g/mol. The summed E-state index contributed by atoms with van der Waals surface area (Å²) < 4.78 is 0. The summed E-state index contributed by atoms with van der Waals surface area (Å²) in [5.41, 5.74) is 6.05. The van der Waals surface area contributed by atoms with Crippen LogP contribution in [0.3, 0.4) is 0 Å². The highest BCUT2D eigenvalue weighted by Gasteiger charge is 2.19. The first kappa shape index (κ1) is 12.3. The van der Waals surface area contributed by atoms with Gasteiger partial charge in [0.05, 0.1) is 0 Å². The largest absolute Gasteiger partial charge is 0.327 e. The molecule has 14 heavy (non-hydrogen) atoms. The molecule has 0 aromatic carbocycles. The molecular weight excluding hydrogens is 192 g/mol. The lowest BCUT2D eigenvalue weighted by Crippen LogP contribution is -2.43. The number of hydrogen-bond donors (Lipinski definition) is 1. The SMILES string of the molecule is CC(C)C(N)CCN1CCSCC1C. The summed E-state index contributed by atoms with van der Waals surface area (Å²) in [7, 11) is 0. The fraction of sp³-hybridized carbons (Fsp3) is 1.00. The summed E-state index contributed by atoms with van der Waals surface area (Å²) in [6.45, 7) is 9.17. The molecule has 1 aliphatic heterocycles. The van der Waals surface area contributed by atoms with Gasteiger partial charge in [-0.3, -0.25) is 4.90 Å². The van der Waals surface area contributed by atoms with E-state index < -0.39 is 0 Å². The molecule has 0 aromatic rings. The van der Waals surface area contributed by atoms with Crippen LogP contribution in [0, 0.1) is 5.92 Å². The zero-order valence-corrected chi connectivity index (χ0v) is 10.5. The number of thioether (sulfide) groups is 1. The predicted octanol–water partition coefficient (Wildman–Crippen LogP) is 1.80. The molecule has 0 aliphatic carbocycles. The van der Waals surface area contributed by atoms with Gasteiger partial charge in [-0.2, -0.15) is 11.8 Å². The standard InChI is InChI=1S/C11H24N2S/c1-9(2)11(12)4-5-13-6-7-14-8-10(13)3/h9-11H,4-8,12H2,1-3H3. The summed E-state index contributed by atoms with van der Waals surface area (Å²) in [5.74, 6) is 3.20. The molecule has 1 fully saturated rings. The number of rotatable bonds is 4. The lowest BCUT2D eigenvalue weighted by Gasteiger charge is -2.34. The normalized spacial score (nSPS) is 26.8. The van der Waals surface area contributed by atoms with Crippen molar-refractivity contribution in [3.05, 3.63) is 0 Å². The van der Waals surface area contributed by atoms with Crippen LogP contribution in [0.4, 0.5) is 0 Å². The third kappa shape index (κ3) is 3.79. The second-order valence-electron chi connectivity index (χ2n) is 4.66. The van der Waals surface area contributed by atoms with Crippen LogP contribution in [0.2, 0.25) is 0 Å². The third-order valence-corrected chi connectivity index (χ3v) is 4.30. The Morgan fingerprint density at radius 2 is 2.21 bits per heavy atom. The zero-order valence-electron chi connectivity index (χ0n) is 9.70. The minimum Gasteiger partial charge on any atom is -0.327 e. The van der Waals surface area contributed by atoms with E-state index in [0.717, 1.165) is 12.5 Å². The van der Waals surface area contributed by atoms with Gasteiger partial charge in [-0.05, 0) is 25.8 Å². The lowest BCUT2D eigenvalue weighted by atomic mass is 10.0. The van der Waals surface area contributed by atoms with Crippen LogP contribution < -0.4 is 5.73 Å². The van der Waals surface area contributed by atoms with E-state index in [1.165, 1.54) is 24.6 Å². The van der Waals surface area contributed by atoms with Crippen LogP contribution in [-0.2, 0) is 0 Å². The average Bonchev–Trinajstić information content (AvgIpc) is 2.16. The first-order chi connectivity index (χ1) is 6.61. The Kier molecular flexibility index (Phi) is 5.28. The van der Waals surface area contributed by atoms with E-state index in [1.54, 1.807) is 0 Å². The Labute approximate surface area is 92.6 Å². The van der Waals surface area contributed by atoms with Gasteiger partial charge in [-0.15, -0.1) is 0 Å². The Morgan fingerprint density at radius 1 is 1.50 bits per heavy atom. The molecule has 0 saturated carbocycles.